The number of aryl methyl sites for hydroxylation is 1. The second-order valence-electron chi connectivity index (χ2n) is 8.97. The fraction of sp³-hybridized carbons (Fsp3) is 0.241. The second-order valence-corrected chi connectivity index (χ2v) is 9.38. The number of aliphatic carboxylic acids is 1. The minimum absolute atomic E-state index is 0.506. The van der Waals surface area contributed by atoms with Crippen LogP contribution in [0.3, 0.4) is 0 Å². The smallest absolute Gasteiger partial charge is 0.322 e. The summed E-state index contributed by atoms with van der Waals surface area (Å²) in [5.41, 5.74) is 6.27. The lowest BCUT2D eigenvalue weighted by Crippen LogP contribution is -2.54. The van der Waals surface area contributed by atoms with Gasteiger partial charge in [-0.3, -0.25) is 9.69 Å². The third kappa shape index (κ3) is 5.63. The second kappa shape index (κ2) is 10.9. The number of carbonyl (C=O) groups is 1. The summed E-state index contributed by atoms with van der Waals surface area (Å²) >= 11 is 6.65. The molecule has 6 heteroatoms. The van der Waals surface area contributed by atoms with E-state index in [0.717, 1.165) is 39.9 Å². The zero-order chi connectivity index (χ0) is 24.9. The predicted octanol–water partition coefficient (Wildman–Crippen LogP) is 5.56. The van der Waals surface area contributed by atoms with Crippen molar-refractivity contribution < 1.29 is 9.90 Å². The van der Waals surface area contributed by atoms with Gasteiger partial charge in [0.25, 0.3) is 0 Å². The van der Waals surface area contributed by atoms with Gasteiger partial charge in [0.15, 0.2) is 0 Å². The van der Waals surface area contributed by atoms with Crippen molar-refractivity contribution in [3.8, 4) is 17.2 Å². The van der Waals surface area contributed by atoms with Crippen LogP contribution < -0.4 is 0 Å². The molecule has 1 aliphatic rings. The van der Waals surface area contributed by atoms with Crippen LogP contribution in [0.1, 0.15) is 27.8 Å². The van der Waals surface area contributed by atoms with Gasteiger partial charge in [0, 0.05) is 36.8 Å². The lowest BCUT2D eigenvalue weighted by Gasteiger charge is -2.37. The highest BCUT2D eigenvalue weighted by atomic mass is 35.5. The van der Waals surface area contributed by atoms with Gasteiger partial charge in [0.05, 0.1) is 5.56 Å². The average Bonchev–Trinajstić information content (AvgIpc) is 2.86. The number of carboxylic acid groups (broad SMARTS) is 1. The highest BCUT2D eigenvalue weighted by molar-refractivity contribution is 6.32. The van der Waals surface area contributed by atoms with Crippen molar-refractivity contribution in [2.24, 2.45) is 0 Å². The van der Waals surface area contributed by atoms with Gasteiger partial charge in [-0.2, -0.15) is 5.26 Å². The molecule has 1 aliphatic heterocycles. The number of nitrogens with zero attached hydrogens (tertiary/aromatic N) is 3. The van der Waals surface area contributed by atoms with Crippen molar-refractivity contribution in [1.82, 2.24) is 9.80 Å². The molecule has 1 atom stereocenters. The summed E-state index contributed by atoms with van der Waals surface area (Å²) in [5, 5.41) is 20.1. The Morgan fingerprint density at radius 3 is 2.57 bits per heavy atom. The molecule has 1 heterocycles. The van der Waals surface area contributed by atoms with E-state index in [0.29, 0.717) is 30.2 Å². The van der Waals surface area contributed by atoms with Crippen LogP contribution in [0.4, 0.5) is 0 Å². The van der Waals surface area contributed by atoms with Crippen molar-refractivity contribution in [2.45, 2.75) is 19.5 Å². The summed E-state index contributed by atoms with van der Waals surface area (Å²) in [6, 6.07) is 21.5. The quantitative estimate of drug-likeness (QED) is 0.463. The SMILES string of the molecule is Cc1cc(/C=C/c2cccc(-c3ccccc3)c2C#N)c(Cl)cc1CN1CCN(C)C[C@H]1C(=O)O. The Morgan fingerprint density at radius 1 is 1.11 bits per heavy atom. The van der Waals surface area contributed by atoms with E-state index in [2.05, 4.69) is 6.07 Å². The Morgan fingerprint density at radius 2 is 1.86 bits per heavy atom. The van der Waals surface area contributed by atoms with E-state index in [4.69, 9.17) is 11.6 Å². The monoisotopic (exact) mass is 485 g/mol. The number of benzene rings is 3. The lowest BCUT2D eigenvalue weighted by molar-refractivity contribution is -0.145. The van der Waals surface area contributed by atoms with Crippen LogP contribution in [-0.2, 0) is 11.3 Å². The van der Waals surface area contributed by atoms with Gasteiger partial charge in [-0.1, -0.05) is 78.4 Å². The largest absolute Gasteiger partial charge is 0.480 e. The summed E-state index contributed by atoms with van der Waals surface area (Å²) in [7, 11) is 1.95. The number of rotatable bonds is 6. The molecule has 0 saturated carbocycles. The standard InChI is InChI=1S/C29H28ClN3O2/c1-20-15-23(27(30)16-24(20)18-33-14-13-32(2)19-28(33)29(34)35)12-11-22-9-6-10-25(26(22)17-31)21-7-4-3-5-8-21/h3-12,15-16,28H,13-14,18-19H2,1-2H3,(H,34,35)/b12-11+/t28-/m0/s1. The molecular formula is C29H28ClN3O2. The highest BCUT2D eigenvalue weighted by Gasteiger charge is 2.31. The van der Waals surface area contributed by atoms with Gasteiger partial charge >= 0.3 is 5.97 Å². The third-order valence-electron chi connectivity index (χ3n) is 6.54. The normalized spacial score (nSPS) is 16.9. The zero-order valence-electron chi connectivity index (χ0n) is 19.9. The van der Waals surface area contributed by atoms with Crippen LogP contribution >= 0.6 is 11.6 Å². The predicted molar refractivity (Wildman–Crippen MR) is 141 cm³/mol. The van der Waals surface area contributed by atoms with Crippen LogP contribution in [0.5, 0.6) is 0 Å². The first-order valence-electron chi connectivity index (χ1n) is 11.6. The topological polar surface area (TPSA) is 67.6 Å². The fourth-order valence-electron chi connectivity index (χ4n) is 4.51. The molecule has 0 amide bonds. The van der Waals surface area contributed by atoms with Crippen molar-refractivity contribution in [1.29, 1.82) is 5.26 Å². The van der Waals surface area contributed by atoms with Crippen LogP contribution in [-0.4, -0.2) is 53.6 Å². The molecule has 4 rings (SSSR count). The number of likely N-dealkylation sites (N-methyl/N-ethyl adjacent to an activating group) is 1. The molecule has 3 aromatic carbocycles. The molecule has 1 fully saturated rings. The zero-order valence-corrected chi connectivity index (χ0v) is 20.7. The maximum absolute atomic E-state index is 11.8. The van der Waals surface area contributed by atoms with Crippen molar-refractivity contribution in [3.05, 3.63) is 93.5 Å². The van der Waals surface area contributed by atoms with Gasteiger partial charge in [0.2, 0.25) is 0 Å². The van der Waals surface area contributed by atoms with Crippen molar-refractivity contribution in [2.75, 3.05) is 26.7 Å². The summed E-state index contributed by atoms with van der Waals surface area (Å²) in [5.74, 6) is -0.800. The maximum Gasteiger partial charge on any atom is 0.322 e. The Balaban J connectivity index is 1.59. The molecule has 0 radical (unpaired) electrons. The molecule has 3 aromatic rings. The molecule has 5 nitrogen and oxygen atoms in total. The molecular weight excluding hydrogens is 458 g/mol. The first-order chi connectivity index (χ1) is 16.9. The Bertz CT molecular complexity index is 1300. The summed E-state index contributed by atoms with van der Waals surface area (Å²) in [4.78, 5) is 15.8. The van der Waals surface area contributed by atoms with Crippen molar-refractivity contribution in [3.63, 3.8) is 0 Å². The Labute approximate surface area is 211 Å². The first kappa shape index (κ1) is 24.7. The number of nitriles is 1. The van der Waals surface area contributed by atoms with Gasteiger partial charge in [-0.05, 0) is 47.9 Å². The first-order valence-corrected chi connectivity index (χ1v) is 12.0. The number of piperazine rings is 1. The number of hydrogen-bond acceptors (Lipinski definition) is 4. The van der Waals surface area contributed by atoms with E-state index in [9.17, 15) is 15.2 Å². The number of hydrogen-bond donors (Lipinski definition) is 1. The third-order valence-corrected chi connectivity index (χ3v) is 6.87. The molecule has 178 valence electrons. The van der Waals surface area contributed by atoms with E-state index in [1.807, 2.05) is 96.6 Å². The molecule has 0 unspecified atom stereocenters. The Hall–Kier alpha value is -3.43. The molecule has 0 aromatic heterocycles. The average molecular weight is 486 g/mol. The molecule has 0 aliphatic carbocycles. The minimum Gasteiger partial charge on any atom is -0.480 e. The molecule has 1 saturated heterocycles. The van der Waals surface area contributed by atoms with Gasteiger partial charge < -0.3 is 10.0 Å². The number of halogens is 1. The Kier molecular flexibility index (Phi) is 7.67. The van der Waals surface area contributed by atoms with Crippen molar-refractivity contribution >= 4 is 29.7 Å². The molecule has 0 spiro atoms. The van der Waals surface area contributed by atoms with E-state index in [1.165, 1.54) is 0 Å². The fourth-order valence-corrected chi connectivity index (χ4v) is 4.76. The van der Waals surface area contributed by atoms with E-state index in [-0.39, 0.29) is 0 Å². The van der Waals surface area contributed by atoms with Gasteiger partial charge in [-0.15, -0.1) is 0 Å². The van der Waals surface area contributed by atoms with E-state index < -0.39 is 12.0 Å². The molecule has 35 heavy (non-hydrogen) atoms. The summed E-state index contributed by atoms with van der Waals surface area (Å²) in [6.07, 6.45) is 3.85. The minimum atomic E-state index is -0.800. The summed E-state index contributed by atoms with van der Waals surface area (Å²) < 4.78 is 0. The maximum atomic E-state index is 11.8. The van der Waals surface area contributed by atoms with Crippen LogP contribution in [0, 0.1) is 18.3 Å². The van der Waals surface area contributed by atoms with E-state index in [1.54, 1.807) is 0 Å². The van der Waals surface area contributed by atoms with Crippen LogP contribution in [0.15, 0.2) is 60.7 Å². The van der Waals surface area contributed by atoms with Gasteiger partial charge in [0.1, 0.15) is 12.1 Å². The highest BCUT2D eigenvalue weighted by Crippen LogP contribution is 2.29. The number of carboxylic acids is 1. The molecule has 0 bridgehead atoms. The summed E-state index contributed by atoms with van der Waals surface area (Å²) in [6.45, 7) is 4.59. The van der Waals surface area contributed by atoms with Crippen LogP contribution in [0.2, 0.25) is 5.02 Å². The van der Waals surface area contributed by atoms with Crippen LogP contribution in [0.25, 0.3) is 23.3 Å². The van der Waals surface area contributed by atoms with E-state index >= 15 is 0 Å². The van der Waals surface area contributed by atoms with Gasteiger partial charge in [-0.25, -0.2) is 0 Å². The lowest BCUT2D eigenvalue weighted by atomic mass is 9.95. The molecule has 1 N–H and O–H groups in total.